The summed E-state index contributed by atoms with van der Waals surface area (Å²) in [6.45, 7) is 0. The van der Waals surface area contributed by atoms with Gasteiger partial charge in [0.15, 0.2) is 4.75 Å². The van der Waals surface area contributed by atoms with E-state index in [1.165, 1.54) is 48.5 Å². The number of rotatable bonds is 4. The third-order valence-corrected chi connectivity index (χ3v) is 6.98. The standard InChI is InChI=1S/C19H12Cl4O5S/c20-11-6-4-10(5-7-11)19(29(26,27)28,13-2-1-3-15(24)18(13)23)17-14(22)8-12(21)9-16(17)25/h1-9,24-25H,(H,26,27,28). The van der Waals surface area contributed by atoms with E-state index in [0.29, 0.717) is 5.02 Å². The summed E-state index contributed by atoms with van der Waals surface area (Å²) in [5, 5.41) is 20.5. The van der Waals surface area contributed by atoms with E-state index in [1.807, 2.05) is 0 Å². The molecule has 5 nitrogen and oxygen atoms in total. The first kappa shape index (κ1) is 22.0. The molecule has 152 valence electrons. The zero-order valence-electron chi connectivity index (χ0n) is 14.3. The van der Waals surface area contributed by atoms with Gasteiger partial charge >= 0.3 is 0 Å². The first-order valence-corrected chi connectivity index (χ1v) is 10.8. The second kappa shape index (κ2) is 7.87. The highest BCUT2D eigenvalue weighted by atomic mass is 35.5. The summed E-state index contributed by atoms with van der Waals surface area (Å²) < 4.78 is 33.9. The first-order valence-electron chi connectivity index (χ1n) is 7.89. The molecule has 0 aliphatic heterocycles. The highest BCUT2D eigenvalue weighted by Crippen LogP contribution is 2.53. The van der Waals surface area contributed by atoms with Gasteiger partial charge in [0.05, 0.1) is 10.0 Å². The largest absolute Gasteiger partial charge is 0.507 e. The highest BCUT2D eigenvalue weighted by Gasteiger charge is 2.52. The molecule has 0 radical (unpaired) electrons. The molecule has 10 heteroatoms. The van der Waals surface area contributed by atoms with Gasteiger partial charge in [0.25, 0.3) is 10.1 Å². The van der Waals surface area contributed by atoms with Crippen molar-refractivity contribution in [3.8, 4) is 11.5 Å². The summed E-state index contributed by atoms with van der Waals surface area (Å²) in [6, 6.07) is 11.6. The third kappa shape index (κ3) is 3.65. The molecule has 0 saturated heterocycles. The third-order valence-electron chi connectivity index (χ3n) is 4.38. The van der Waals surface area contributed by atoms with Crippen molar-refractivity contribution in [2.24, 2.45) is 0 Å². The predicted octanol–water partition coefficient (Wildman–Crippen LogP) is 5.89. The van der Waals surface area contributed by atoms with Crippen LogP contribution in [-0.4, -0.2) is 23.2 Å². The SMILES string of the molecule is O=S(=O)(O)C(c1ccc(Cl)cc1)(c1cccc(O)c1Cl)c1c(O)cc(Cl)cc1Cl. The Morgan fingerprint density at radius 1 is 0.793 bits per heavy atom. The van der Waals surface area contributed by atoms with Crippen molar-refractivity contribution in [3.63, 3.8) is 0 Å². The molecule has 0 amide bonds. The van der Waals surface area contributed by atoms with Gasteiger partial charge < -0.3 is 10.2 Å². The van der Waals surface area contributed by atoms with Gasteiger partial charge in [0.1, 0.15) is 11.5 Å². The number of phenols is 2. The molecule has 0 saturated carbocycles. The fourth-order valence-corrected chi connectivity index (χ4v) is 5.72. The lowest BCUT2D eigenvalue weighted by Crippen LogP contribution is -2.39. The smallest absolute Gasteiger partial charge is 0.283 e. The molecule has 0 aromatic heterocycles. The van der Waals surface area contributed by atoms with Crippen LogP contribution < -0.4 is 0 Å². The number of phenolic OH excluding ortho intramolecular Hbond substituents is 2. The highest BCUT2D eigenvalue weighted by molar-refractivity contribution is 7.87. The van der Waals surface area contributed by atoms with Crippen LogP contribution >= 0.6 is 46.4 Å². The maximum Gasteiger partial charge on any atom is 0.283 e. The summed E-state index contributed by atoms with van der Waals surface area (Å²) >= 11 is 24.4. The molecule has 1 atom stereocenters. The molecular formula is C19H12Cl4O5S. The maximum absolute atomic E-state index is 13.0. The molecule has 0 bridgehead atoms. The quantitative estimate of drug-likeness (QED) is 0.311. The van der Waals surface area contributed by atoms with Crippen molar-refractivity contribution in [1.82, 2.24) is 0 Å². The Morgan fingerprint density at radius 2 is 1.41 bits per heavy atom. The van der Waals surface area contributed by atoms with Crippen molar-refractivity contribution >= 4 is 56.5 Å². The minimum Gasteiger partial charge on any atom is -0.507 e. The molecule has 29 heavy (non-hydrogen) atoms. The topological polar surface area (TPSA) is 94.8 Å². The molecule has 3 rings (SSSR count). The van der Waals surface area contributed by atoms with E-state index < -0.39 is 26.4 Å². The van der Waals surface area contributed by atoms with Crippen LogP contribution in [0.4, 0.5) is 0 Å². The van der Waals surface area contributed by atoms with Crippen LogP contribution in [-0.2, 0) is 14.9 Å². The van der Waals surface area contributed by atoms with Crippen LogP contribution in [0.1, 0.15) is 16.7 Å². The fourth-order valence-electron chi connectivity index (χ4n) is 3.24. The van der Waals surface area contributed by atoms with Crippen molar-refractivity contribution in [2.75, 3.05) is 0 Å². The number of benzene rings is 3. The van der Waals surface area contributed by atoms with Crippen molar-refractivity contribution in [2.45, 2.75) is 4.75 Å². The van der Waals surface area contributed by atoms with Gasteiger partial charge in [-0.3, -0.25) is 4.55 Å². The van der Waals surface area contributed by atoms with Crippen molar-refractivity contribution in [1.29, 1.82) is 0 Å². The molecule has 3 aromatic carbocycles. The predicted molar refractivity (Wildman–Crippen MR) is 114 cm³/mol. The first-order chi connectivity index (χ1) is 13.5. The lowest BCUT2D eigenvalue weighted by molar-refractivity contribution is 0.439. The molecule has 3 aromatic rings. The molecule has 0 heterocycles. The molecular weight excluding hydrogens is 482 g/mol. The Bertz CT molecular complexity index is 1170. The van der Waals surface area contributed by atoms with Crippen LogP contribution in [0.5, 0.6) is 11.5 Å². The van der Waals surface area contributed by atoms with E-state index in [0.717, 1.165) is 6.07 Å². The van der Waals surface area contributed by atoms with Gasteiger partial charge in [-0.15, -0.1) is 0 Å². The minimum absolute atomic E-state index is 0.0311. The van der Waals surface area contributed by atoms with Gasteiger partial charge in [0.2, 0.25) is 0 Å². The van der Waals surface area contributed by atoms with Gasteiger partial charge in [-0.1, -0.05) is 70.7 Å². The Morgan fingerprint density at radius 3 is 1.97 bits per heavy atom. The molecule has 0 fully saturated rings. The lowest BCUT2D eigenvalue weighted by atomic mass is 9.83. The van der Waals surface area contributed by atoms with E-state index in [2.05, 4.69) is 0 Å². The Kier molecular flexibility index (Phi) is 5.98. The van der Waals surface area contributed by atoms with E-state index in [4.69, 9.17) is 46.4 Å². The summed E-state index contributed by atoms with van der Waals surface area (Å²) in [5.74, 6) is -1.04. The Hall–Kier alpha value is -1.67. The summed E-state index contributed by atoms with van der Waals surface area (Å²) in [6.07, 6.45) is 0. The summed E-state index contributed by atoms with van der Waals surface area (Å²) in [4.78, 5) is 0. The van der Waals surface area contributed by atoms with Crippen LogP contribution in [0.15, 0.2) is 54.6 Å². The summed E-state index contributed by atoms with van der Waals surface area (Å²) in [5.41, 5.74) is -0.652. The Labute approximate surface area is 186 Å². The lowest BCUT2D eigenvalue weighted by Gasteiger charge is -2.34. The van der Waals surface area contributed by atoms with Crippen LogP contribution in [0.3, 0.4) is 0 Å². The molecule has 3 N–H and O–H groups in total. The number of halogens is 4. The Balaban J connectivity index is 2.63. The molecule has 1 unspecified atom stereocenters. The van der Waals surface area contributed by atoms with Gasteiger partial charge in [0, 0.05) is 21.2 Å². The average Bonchev–Trinajstić information content (AvgIpc) is 2.60. The average molecular weight is 494 g/mol. The van der Waals surface area contributed by atoms with Gasteiger partial charge in [-0.2, -0.15) is 8.42 Å². The van der Waals surface area contributed by atoms with Crippen molar-refractivity contribution < 1.29 is 23.2 Å². The van der Waals surface area contributed by atoms with Crippen LogP contribution in [0.25, 0.3) is 0 Å². The second-order valence-corrected chi connectivity index (χ2v) is 9.30. The van der Waals surface area contributed by atoms with Crippen LogP contribution in [0, 0.1) is 0 Å². The number of hydrogen-bond donors (Lipinski definition) is 3. The van der Waals surface area contributed by atoms with E-state index in [1.54, 1.807) is 0 Å². The minimum atomic E-state index is -5.12. The second-order valence-electron chi connectivity index (χ2n) is 6.08. The zero-order valence-corrected chi connectivity index (χ0v) is 18.1. The number of hydrogen-bond acceptors (Lipinski definition) is 4. The molecule has 0 spiro atoms. The van der Waals surface area contributed by atoms with E-state index in [9.17, 15) is 23.2 Å². The van der Waals surface area contributed by atoms with Gasteiger partial charge in [-0.05, 0) is 35.9 Å². The van der Waals surface area contributed by atoms with E-state index >= 15 is 0 Å². The number of aromatic hydroxyl groups is 2. The molecule has 0 aliphatic rings. The maximum atomic E-state index is 13.0. The zero-order chi connectivity index (χ0) is 21.6. The summed E-state index contributed by atoms with van der Waals surface area (Å²) in [7, 11) is -5.12. The van der Waals surface area contributed by atoms with Crippen molar-refractivity contribution in [3.05, 3.63) is 91.4 Å². The van der Waals surface area contributed by atoms with Crippen LogP contribution in [0.2, 0.25) is 20.1 Å². The fraction of sp³-hybridized carbons (Fsp3) is 0.0526. The normalized spacial score (nSPS) is 13.8. The molecule has 0 aliphatic carbocycles. The monoisotopic (exact) mass is 492 g/mol. The van der Waals surface area contributed by atoms with Gasteiger partial charge in [-0.25, -0.2) is 0 Å². The van der Waals surface area contributed by atoms with E-state index in [-0.39, 0.29) is 31.8 Å².